The smallest absolute Gasteiger partial charge is 0.00278 e. The summed E-state index contributed by atoms with van der Waals surface area (Å²) in [7, 11) is 2.00. The van der Waals surface area contributed by atoms with Gasteiger partial charge in [0.2, 0.25) is 0 Å². The Morgan fingerprint density at radius 1 is 1.22 bits per heavy atom. The monoisotopic (exact) mass is 249 g/mol. The van der Waals surface area contributed by atoms with E-state index in [4.69, 9.17) is 0 Å². The molecule has 0 aromatic rings. The lowest BCUT2D eigenvalue weighted by molar-refractivity contribution is 0.321. The van der Waals surface area contributed by atoms with E-state index >= 15 is 0 Å². The van der Waals surface area contributed by atoms with Crippen LogP contribution in [0.4, 0.5) is 0 Å². The molecule has 0 heterocycles. The average Bonchev–Trinajstić information content (AvgIpc) is 2.38. The predicted octanol–water partition coefficient (Wildman–Crippen LogP) is 5.05. The highest BCUT2D eigenvalue weighted by atomic mass is 14.8. The molecule has 1 aliphatic carbocycles. The van der Waals surface area contributed by atoms with Crippen molar-refractivity contribution in [2.75, 3.05) is 7.05 Å². The van der Waals surface area contributed by atoms with Crippen molar-refractivity contribution in [2.45, 2.75) is 65.2 Å². The number of hydrogen-bond acceptors (Lipinski definition) is 1. The molecular formula is C17H31N. The number of allylic oxidation sites excluding steroid dienone is 2. The second-order valence-electron chi connectivity index (χ2n) is 5.90. The molecule has 1 fully saturated rings. The van der Waals surface area contributed by atoms with Crippen molar-refractivity contribution in [3.63, 3.8) is 0 Å². The number of hydrogen-bond donors (Lipinski definition) is 1. The zero-order valence-electron chi connectivity index (χ0n) is 12.6. The normalized spacial score (nSPS) is 24.9. The van der Waals surface area contributed by atoms with E-state index in [1.165, 1.54) is 62.5 Å². The molecule has 1 saturated carbocycles. The van der Waals surface area contributed by atoms with Crippen LogP contribution in [-0.4, -0.2) is 7.05 Å². The third-order valence-corrected chi connectivity index (χ3v) is 4.29. The number of rotatable bonds is 7. The molecule has 104 valence electrons. The fraction of sp³-hybridized carbons (Fsp3) is 0.765. The quantitative estimate of drug-likeness (QED) is 0.491. The molecule has 1 aliphatic rings. The molecule has 0 spiro atoms. The van der Waals surface area contributed by atoms with Crippen molar-refractivity contribution in [3.8, 4) is 0 Å². The van der Waals surface area contributed by atoms with Gasteiger partial charge in [-0.1, -0.05) is 46.1 Å². The summed E-state index contributed by atoms with van der Waals surface area (Å²) in [5, 5.41) is 3.20. The zero-order chi connectivity index (χ0) is 13.4. The molecule has 0 saturated heterocycles. The number of unbranched alkanes of at least 4 members (excludes halogenated alkanes) is 2. The van der Waals surface area contributed by atoms with Crippen LogP contribution in [0, 0.1) is 11.8 Å². The Morgan fingerprint density at radius 2 is 1.89 bits per heavy atom. The molecule has 0 aromatic carbocycles. The topological polar surface area (TPSA) is 12.0 Å². The molecule has 0 radical (unpaired) electrons. The minimum atomic E-state index is 0.738. The Morgan fingerprint density at radius 3 is 2.44 bits per heavy atom. The van der Waals surface area contributed by atoms with Crippen molar-refractivity contribution in [3.05, 3.63) is 23.9 Å². The molecule has 0 amide bonds. The van der Waals surface area contributed by atoms with Crippen LogP contribution < -0.4 is 5.32 Å². The molecule has 1 nitrogen and oxygen atoms in total. The molecular weight excluding hydrogens is 218 g/mol. The van der Waals surface area contributed by atoms with Gasteiger partial charge >= 0.3 is 0 Å². The Hall–Kier alpha value is -0.720. The maximum absolute atomic E-state index is 4.39. The molecule has 0 unspecified atom stereocenters. The van der Waals surface area contributed by atoms with E-state index in [2.05, 4.69) is 31.9 Å². The highest BCUT2D eigenvalue weighted by molar-refractivity contribution is 5.30. The predicted molar refractivity (Wildman–Crippen MR) is 81.5 cm³/mol. The van der Waals surface area contributed by atoms with E-state index in [1.54, 1.807) is 0 Å². The molecule has 0 aromatic heterocycles. The first-order chi connectivity index (χ1) is 8.69. The van der Waals surface area contributed by atoms with E-state index in [0.717, 1.165) is 11.8 Å². The van der Waals surface area contributed by atoms with Crippen LogP contribution in [0.2, 0.25) is 0 Å². The van der Waals surface area contributed by atoms with Crippen LogP contribution in [0.15, 0.2) is 23.9 Å². The Balaban J connectivity index is 2.51. The van der Waals surface area contributed by atoms with Crippen LogP contribution in [-0.2, 0) is 0 Å². The lowest BCUT2D eigenvalue weighted by Crippen LogP contribution is -2.15. The maximum atomic E-state index is 4.39. The summed E-state index contributed by atoms with van der Waals surface area (Å²) >= 11 is 0. The standard InChI is InChI=1S/C17H31N/c1-5-6-7-8-17(13-18-4)15(3)16-11-9-14(2)10-12-16/h13-14,16,18H,3,5-12H2,1-2,4H3/b17-13-. The van der Waals surface area contributed by atoms with E-state index in [1.807, 2.05) is 7.05 Å². The summed E-state index contributed by atoms with van der Waals surface area (Å²) in [5.41, 5.74) is 2.87. The van der Waals surface area contributed by atoms with Crippen LogP contribution in [0.1, 0.15) is 65.2 Å². The SMILES string of the molecule is C=C(/C(=C\NC)CCCCC)C1CCC(C)CC1. The van der Waals surface area contributed by atoms with E-state index in [-0.39, 0.29) is 0 Å². The summed E-state index contributed by atoms with van der Waals surface area (Å²) in [4.78, 5) is 0. The van der Waals surface area contributed by atoms with Crippen LogP contribution in [0.3, 0.4) is 0 Å². The van der Waals surface area contributed by atoms with Gasteiger partial charge in [-0.3, -0.25) is 0 Å². The van der Waals surface area contributed by atoms with Crippen molar-refractivity contribution in [1.82, 2.24) is 5.32 Å². The van der Waals surface area contributed by atoms with E-state index in [0.29, 0.717) is 0 Å². The molecule has 0 aliphatic heterocycles. The number of nitrogens with one attached hydrogen (secondary N) is 1. The Kier molecular flexibility index (Phi) is 7.15. The molecule has 1 N–H and O–H groups in total. The van der Waals surface area contributed by atoms with Crippen molar-refractivity contribution in [1.29, 1.82) is 0 Å². The molecule has 1 rings (SSSR count). The van der Waals surface area contributed by atoms with Gasteiger partial charge < -0.3 is 5.32 Å². The van der Waals surface area contributed by atoms with Crippen LogP contribution in [0.5, 0.6) is 0 Å². The Bertz CT molecular complexity index is 269. The molecule has 1 heteroatoms. The lowest BCUT2D eigenvalue weighted by Gasteiger charge is -2.29. The van der Waals surface area contributed by atoms with Gasteiger partial charge in [-0.15, -0.1) is 0 Å². The van der Waals surface area contributed by atoms with E-state index in [9.17, 15) is 0 Å². The summed E-state index contributed by atoms with van der Waals surface area (Å²) < 4.78 is 0. The van der Waals surface area contributed by atoms with Gasteiger partial charge in [0.05, 0.1) is 0 Å². The van der Waals surface area contributed by atoms with Gasteiger partial charge in [-0.25, -0.2) is 0 Å². The zero-order valence-corrected chi connectivity index (χ0v) is 12.6. The minimum Gasteiger partial charge on any atom is -0.394 e. The van der Waals surface area contributed by atoms with Gasteiger partial charge in [-0.05, 0) is 54.9 Å². The molecule has 0 bridgehead atoms. The first-order valence-electron chi connectivity index (χ1n) is 7.74. The van der Waals surface area contributed by atoms with Crippen LogP contribution in [0.25, 0.3) is 0 Å². The van der Waals surface area contributed by atoms with Crippen molar-refractivity contribution in [2.24, 2.45) is 11.8 Å². The summed E-state index contributed by atoms with van der Waals surface area (Å²) in [5.74, 6) is 1.66. The fourth-order valence-corrected chi connectivity index (χ4v) is 2.94. The van der Waals surface area contributed by atoms with Gasteiger partial charge in [0.15, 0.2) is 0 Å². The van der Waals surface area contributed by atoms with Gasteiger partial charge in [0.1, 0.15) is 0 Å². The maximum Gasteiger partial charge on any atom is 0.00278 e. The highest BCUT2D eigenvalue weighted by Gasteiger charge is 2.21. The average molecular weight is 249 g/mol. The Labute approximate surface area is 114 Å². The molecule has 0 atom stereocenters. The highest BCUT2D eigenvalue weighted by Crippen LogP contribution is 2.36. The van der Waals surface area contributed by atoms with Gasteiger partial charge in [0, 0.05) is 7.05 Å². The summed E-state index contributed by atoms with van der Waals surface area (Å²) in [6.45, 7) is 9.04. The second kappa shape index (κ2) is 8.39. The largest absolute Gasteiger partial charge is 0.394 e. The summed E-state index contributed by atoms with van der Waals surface area (Å²) in [6, 6.07) is 0. The summed E-state index contributed by atoms with van der Waals surface area (Å²) in [6.07, 6.45) is 12.7. The fourth-order valence-electron chi connectivity index (χ4n) is 2.94. The van der Waals surface area contributed by atoms with Gasteiger partial charge in [0.25, 0.3) is 0 Å². The van der Waals surface area contributed by atoms with Crippen molar-refractivity contribution < 1.29 is 0 Å². The second-order valence-corrected chi connectivity index (χ2v) is 5.90. The first kappa shape index (κ1) is 15.3. The van der Waals surface area contributed by atoms with Gasteiger partial charge in [-0.2, -0.15) is 0 Å². The third kappa shape index (κ3) is 4.88. The van der Waals surface area contributed by atoms with E-state index < -0.39 is 0 Å². The van der Waals surface area contributed by atoms with Crippen LogP contribution >= 0.6 is 0 Å². The lowest BCUT2D eigenvalue weighted by atomic mass is 9.77. The minimum absolute atomic E-state index is 0.738. The third-order valence-electron chi connectivity index (χ3n) is 4.29. The van der Waals surface area contributed by atoms with Crippen molar-refractivity contribution >= 4 is 0 Å². The first-order valence-corrected chi connectivity index (χ1v) is 7.74. The molecule has 18 heavy (non-hydrogen) atoms.